The quantitative estimate of drug-likeness (QED) is 0.401. The van der Waals surface area contributed by atoms with Gasteiger partial charge in [0, 0.05) is 6.61 Å². The van der Waals surface area contributed by atoms with E-state index in [-0.39, 0.29) is 0 Å². The van der Waals surface area contributed by atoms with Crippen LogP contribution in [0.5, 0.6) is 0 Å². The molecule has 0 radical (unpaired) electrons. The number of rotatable bonds is 12. The molecular formula is C14H30O2. The molecule has 0 aliphatic rings. The van der Waals surface area contributed by atoms with E-state index in [2.05, 4.69) is 13.8 Å². The van der Waals surface area contributed by atoms with E-state index in [0.717, 1.165) is 25.7 Å². The summed E-state index contributed by atoms with van der Waals surface area (Å²) in [5.41, 5.74) is 0. The number of hydrogen-bond acceptors (Lipinski definition) is 2. The van der Waals surface area contributed by atoms with Gasteiger partial charge < -0.3 is 9.84 Å². The molecule has 0 heterocycles. The minimum atomic E-state index is -0.526. The third-order valence-corrected chi connectivity index (χ3v) is 2.86. The molecule has 0 amide bonds. The molecule has 0 aromatic heterocycles. The summed E-state index contributed by atoms with van der Waals surface area (Å²) in [5, 5.41) is 9.49. The van der Waals surface area contributed by atoms with Crippen molar-refractivity contribution in [3.05, 3.63) is 0 Å². The van der Waals surface area contributed by atoms with E-state index >= 15 is 0 Å². The van der Waals surface area contributed by atoms with E-state index in [1.54, 1.807) is 0 Å². The molecule has 0 rings (SSSR count). The standard InChI is InChI=1S/C14H30O2/c1-3-5-7-8-9-10-11-12-14(15)16-13-6-4-2/h14-15H,3-13H2,1-2H3. The monoisotopic (exact) mass is 230 g/mol. The van der Waals surface area contributed by atoms with Crippen LogP contribution in [0.2, 0.25) is 0 Å². The summed E-state index contributed by atoms with van der Waals surface area (Å²) in [6, 6.07) is 0. The van der Waals surface area contributed by atoms with Crippen LogP contribution in [0, 0.1) is 0 Å². The first-order valence-electron chi connectivity index (χ1n) is 7.11. The fraction of sp³-hybridized carbons (Fsp3) is 1.00. The maximum atomic E-state index is 9.49. The molecule has 16 heavy (non-hydrogen) atoms. The van der Waals surface area contributed by atoms with Gasteiger partial charge in [0.25, 0.3) is 0 Å². The molecular weight excluding hydrogens is 200 g/mol. The third kappa shape index (κ3) is 12.0. The first-order chi connectivity index (χ1) is 7.81. The van der Waals surface area contributed by atoms with Gasteiger partial charge >= 0.3 is 0 Å². The summed E-state index contributed by atoms with van der Waals surface area (Å²) >= 11 is 0. The van der Waals surface area contributed by atoms with Crippen LogP contribution in [0.3, 0.4) is 0 Å². The van der Waals surface area contributed by atoms with Crippen molar-refractivity contribution < 1.29 is 9.84 Å². The average molecular weight is 230 g/mol. The minimum absolute atomic E-state index is 0.526. The maximum absolute atomic E-state index is 9.49. The Morgan fingerprint density at radius 1 is 0.812 bits per heavy atom. The van der Waals surface area contributed by atoms with Crippen LogP contribution >= 0.6 is 0 Å². The van der Waals surface area contributed by atoms with Gasteiger partial charge in [-0.25, -0.2) is 0 Å². The van der Waals surface area contributed by atoms with Crippen molar-refractivity contribution in [2.45, 2.75) is 84.3 Å². The first kappa shape index (κ1) is 15.9. The second-order valence-electron chi connectivity index (χ2n) is 4.59. The van der Waals surface area contributed by atoms with Crippen molar-refractivity contribution in [2.75, 3.05) is 6.61 Å². The zero-order valence-corrected chi connectivity index (χ0v) is 11.2. The van der Waals surface area contributed by atoms with E-state index in [4.69, 9.17) is 4.74 Å². The lowest BCUT2D eigenvalue weighted by atomic mass is 10.1. The normalized spacial score (nSPS) is 12.9. The molecule has 1 unspecified atom stereocenters. The lowest BCUT2D eigenvalue weighted by Gasteiger charge is -2.11. The van der Waals surface area contributed by atoms with Crippen molar-refractivity contribution in [1.29, 1.82) is 0 Å². The van der Waals surface area contributed by atoms with Gasteiger partial charge in [-0.1, -0.05) is 58.8 Å². The molecule has 0 aliphatic heterocycles. The van der Waals surface area contributed by atoms with Crippen LogP contribution in [0.4, 0.5) is 0 Å². The Balaban J connectivity index is 3.06. The van der Waals surface area contributed by atoms with Crippen LogP contribution in [0.15, 0.2) is 0 Å². The number of aliphatic hydroxyl groups excluding tert-OH is 1. The van der Waals surface area contributed by atoms with Gasteiger partial charge in [0.15, 0.2) is 6.29 Å². The molecule has 0 aromatic rings. The van der Waals surface area contributed by atoms with Gasteiger partial charge in [-0.2, -0.15) is 0 Å². The predicted molar refractivity (Wildman–Crippen MR) is 69.5 cm³/mol. The molecule has 0 saturated carbocycles. The van der Waals surface area contributed by atoms with E-state index < -0.39 is 6.29 Å². The van der Waals surface area contributed by atoms with E-state index in [1.807, 2.05) is 0 Å². The fourth-order valence-corrected chi connectivity index (χ4v) is 1.72. The van der Waals surface area contributed by atoms with Crippen molar-refractivity contribution >= 4 is 0 Å². The minimum Gasteiger partial charge on any atom is -0.368 e. The highest BCUT2D eigenvalue weighted by molar-refractivity contribution is 4.48. The largest absolute Gasteiger partial charge is 0.368 e. The van der Waals surface area contributed by atoms with Gasteiger partial charge in [0.1, 0.15) is 0 Å². The summed E-state index contributed by atoms with van der Waals surface area (Å²) in [4.78, 5) is 0. The number of ether oxygens (including phenoxy) is 1. The summed E-state index contributed by atoms with van der Waals surface area (Å²) in [6.07, 6.45) is 11.5. The van der Waals surface area contributed by atoms with Gasteiger partial charge in [0.2, 0.25) is 0 Å². The number of hydrogen-bond donors (Lipinski definition) is 1. The maximum Gasteiger partial charge on any atom is 0.154 e. The molecule has 0 bridgehead atoms. The highest BCUT2D eigenvalue weighted by Crippen LogP contribution is 2.10. The summed E-state index contributed by atoms with van der Waals surface area (Å²) in [6.45, 7) is 5.07. The van der Waals surface area contributed by atoms with Gasteiger partial charge in [-0.15, -0.1) is 0 Å². The molecule has 98 valence electrons. The summed E-state index contributed by atoms with van der Waals surface area (Å²) in [7, 11) is 0. The lowest BCUT2D eigenvalue weighted by molar-refractivity contribution is -0.104. The van der Waals surface area contributed by atoms with Crippen LogP contribution in [-0.2, 0) is 4.74 Å². The van der Waals surface area contributed by atoms with E-state index in [0.29, 0.717) is 6.61 Å². The smallest absolute Gasteiger partial charge is 0.154 e. The summed E-state index contributed by atoms with van der Waals surface area (Å²) < 4.78 is 5.28. The van der Waals surface area contributed by atoms with Crippen LogP contribution < -0.4 is 0 Å². The van der Waals surface area contributed by atoms with E-state index in [1.165, 1.54) is 38.5 Å². The Hall–Kier alpha value is -0.0800. The molecule has 0 aromatic carbocycles. The molecule has 1 N–H and O–H groups in total. The molecule has 0 aliphatic carbocycles. The first-order valence-corrected chi connectivity index (χ1v) is 7.11. The summed E-state index contributed by atoms with van der Waals surface area (Å²) in [5.74, 6) is 0. The highest BCUT2D eigenvalue weighted by atomic mass is 16.6. The van der Waals surface area contributed by atoms with Gasteiger partial charge in [-0.3, -0.25) is 0 Å². The molecule has 0 spiro atoms. The van der Waals surface area contributed by atoms with Gasteiger partial charge in [-0.05, 0) is 19.3 Å². The SMILES string of the molecule is CCCCCCCCCC(O)OCCCC. The van der Waals surface area contributed by atoms with Crippen molar-refractivity contribution in [3.63, 3.8) is 0 Å². The van der Waals surface area contributed by atoms with Crippen LogP contribution in [0.1, 0.15) is 78.1 Å². The lowest BCUT2D eigenvalue weighted by Crippen LogP contribution is -2.12. The molecule has 1 atom stereocenters. The Labute approximate surface area is 101 Å². The number of aliphatic hydroxyl groups is 1. The van der Waals surface area contributed by atoms with Crippen molar-refractivity contribution in [3.8, 4) is 0 Å². The Bertz CT molecular complexity index is 126. The highest BCUT2D eigenvalue weighted by Gasteiger charge is 2.02. The van der Waals surface area contributed by atoms with Crippen molar-refractivity contribution in [2.24, 2.45) is 0 Å². The van der Waals surface area contributed by atoms with E-state index in [9.17, 15) is 5.11 Å². The third-order valence-electron chi connectivity index (χ3n) is 2.86. The molecule has 2 nitrogen and oxygen atoms in total. The van der Waals surface area contributed by atoms with Crippen molar-refractivity contribution in [1.82, 2.24) is 0 Å². The average Bonchev–Trinajstić information content (AvgIpc) is 2.28. The molecule has 0 fully saturated rings. The topological polar surface area (TPSA) is 29.5 Å². The zero-order chi connectivity index (χ0) is 12.1. The van der Waals surface area contributed by atoms with Crippen LogP contribution in [0.25, 0.3) is 0 Å². The Morgan fingerprint density at radius 2 is 1.38 bits per heavy atom. The second-order valence-corrected chi connectivity index (χ2v) is 4.59. The molecule has 0 saturated heterocycles. The second kappa shape index (κ2) is 13.0. The Morgan fingerprint density at radius 3 is 2.00 bits per heavy atom. The number of unbranched alkanes of at least 4 members (excludes halogenated alkanes) is 7. The Kier molecular flexibility index (Phi) is 12.9. The van der Waals surface area contributed by atoms with Crippen LogP contribution in [-0.4, -0.2) is 18.0 Å². The predicted octanol–water partition coefficient (Wildman–Crippen LogP) is 4.26. The molecule has 2 heteroatoms. The van der Waals surface area contributed by atoms with Gasteiger partial charge in [0.05, 0.1) is 0 Å². The fourth-order valence-electron chi connectivity index (χ4n) is 1.72. The zero-order valence-electron chi connectivity index (χ0n) is 11.2.